The molecular formula is C13H19BrN2O. The average molecular weight is 299 g/mol. The molecule has 0 saturated heterocycles. The Bertz CT molecular complexity index is 410. The quantitative estimate of drug-likeness (QED) is 0.842. The van der Waals surface area contributed by atoms with Crippen molar-refractivity contribution in [3.63, 3.8) is 0 Å². The monoisotopic (exact) mass is 298 g/mol. The number of carbonyl (C=O) groups excluding carboxylic acids is 1. The Hall–Kier alpha value is -1.03. The fourth-order valence-corrected chi connectivity index (χ4v) is 1.77. The number of hydrogen-bond acceptors (Lipinski definition) is 2. The molecular weight excluding hydrogens is 280 g/mol. The van der Waals surface area contributed by atoms with Gasteiger partial charge in [-0.3, -0.25) is 4.79 Å². The summed E-state index contributed by atoms with van der Waals surface area (Å²) >= 11 is 3.31. The van der Waals surface area contributed by atoms with Crippen molar-refractivity contribution in [1.82, 2.24) is 5.32 Å². The van der Waals surface area contributed by atoms with E-state index in [1.165, 1.54) is 0 Å². The molecule has 3 N–H and O–H groups in total. The van der Waals surface area contributed by atoms with Crippen LogP contribution in [0.25, 0.3) is 0 Å². The topological polar surface area (TPSA) is 55.1 Å². The molecule has 3 nitrogen and oxygen atoms in total. The van der Waals surface area contributed by atoms with E-state index < -0.39 is 0 Å². The van der Waals surface area contributed by atoms with E-state index in [1.807, 2.05) is 6.07 Å². The van der Waals surface area contributed by atoms with Crippen molar-refractivity contribution < 1.29 is 4.79 Å². The predicted molar refractivity (Wildman–Crippen MR) is 75.0 cm³/mol. The Labute approximate surface area is 111 Å². The molecule has 17 heavy (non-hydrogen) atoms. The molecule has 0 fully saturated rings. The van der Waals surface area contributed by atoms with Gasteiger partial charge in [-0.2, -0.15) is 0 Å². The summed E-state index contributed by atoms with van der Waals surface area (Å²) in [5.41, 5.74) is 7.03. The second kappa shape index (κ2) is 5.54. The van der Waals surface area contributed by atoms with Crippen LogP contribution in [0.2, 0.25) is 0 Å². The van der Waals surface area contributed by atoms with E-state index in [0.29, 0.717) is 17.8 Å². The van der Waals surface area contributed by atoms with Gasteiger partial charge in [-0.15, -0.1) is 0 Å². The number of nitrogen functional groups attached to an aromatic ring is 1. The minimum absolute atomic E-state index is 0.112. The van der Waals surface area contributed by atoms with Crippen LogP contribution in [0.5, 0.6) is 0 Å². The summed E-state index contributed by atoms with van der Waals surface area (Å²) in [6, 6.07) is 5.28. The van der Waals surface area contributed by atoms with E-state index in [0.717, 1.165) is 10.9 Å². The highest BCUT2D eigenvalue weighted by Crippen LogP contribution is 2.19. The third-order valence-electron chi connectivity index (χ3n) is 2.42. The standard InChI is InChI=1S/C13H19BrN2O/c1-13(2,3)6-7-16-12(17)10-5-4-9(14)8-11(10)15/h4-5,8H,6-7,15H2,1-3H3,(H,16,17). The molecule has 0 spiro atoms. The number of amides is 1. The van der Waals surface area contributed by atoms with Crippen LogP contribution in [-0.2, 0) is 0 Å². The molecule has 4 heteroatoms. The molecule has 1 rings (SSSR count). The Morgan fingerprint density at radius 2 is 2.06 bits per heavy atom. The molecule has 0 saturated carbocycles. The highest BCUT2D eigenvalue weighted by Gasteiger charge is 2.12. The van der Waals surface area contributed by atoms with Gasteiger partial charge in [0.05, 0.1) is 5.56 Å². The number of nitrogens with two attached hydrogens (primary N) is 1. The fourth-order valence-electron chi connectivity index (χ4n) is 1.39. The molecule has 94 valence electrons. The van der Waals surface area contributed by atoms with Crippen molar-refractivity contribution in [1.29, 1.82) is 0 Å². The molecule has 0 aliphatic rings. The maximum Gasteiger partial charge on any atom is 0.253 e. The molecule has 1 amide bonds. The Morgan fingerprint density at radius 3 is 2.59 bits per heavy atom. The molecule has 0 unspecified atom stereocenters. The summed E-state index contributed by atoms with van der Waals surface area (Å²) in [7, 11) is 0. The van der Waals surface area contributed by atoms with Gasteiger partial charge in [-0.25, -0.2) is 0 Å². The zero-order chi connectivity index (χ0) is 13.1. The third kappa shape index (κ3) is 4.77. The number of benzene rings is 1. The molecule has 0 aliphatic carbocycles. The van der Waals surface area contributed by atoms with Crippen LogP contribution in [0.1, 0.15) is 37.6 Å². The maximum absolute atomic E-state index is 11.9. The third-order valence-corrected chi connectivity index (χ3v) is 2.91. The molecule has 0 atom stereocenters. The van der Waals surface area contributed by atoms with Gasteiger partial charge >= 0.3 is 0 Å². The first-order valence-electron chi connectivity index (χ1n) is 5.63. The summed E-state index contributed by atoms with van der Waals surface area (Å²) in [6.45, 7) is 7.10. The lowest BCUT2D eigenvalue weighted by molar-refractivity contribution is 0.0950. The number of halogens is 1. The normalized spacial score (nSPS) is 11.3. The van der Waals surface area contributed by atoms with Crippen LogP contribution in [0.15, 0.2) is 22.7 Å². The van der Waals surface area contributed by atoms with E-state index in [9.17, 15) is 4.79 Å². The summed E-state index contributed by atoms with van der Waals surface area (Å²) in [6.07, 6.45) is 0.940. The Morgan fingerprint density at radius 1 is 1.41 bits per heavy atom. The number of carbonyl (C=O) groups is 1. The molecule has 0 aromatic heterocycles. The van der Waals surface area contributed by atoms with Gasteiger partial charge in [-0.1, -0.05) is 36.7 Å². The number of nitrogens with one attached hydrogen (secondary N) is 1. The highest BCUT2D eigenvalue weighted by atomic mass is 79.9. The minimum atomic E-state index is -0.112. The first kappa shape index (κ1) is 14.0. The predicted octanol–water partition coefficient (Wildman–Crippen LogP) is 3.20. The Kier molecular flexibility index (Phi) is 4.57. The zero-order valence-corrected chi connectivity index (χ0v) is 12.1. The van der Waals surface area contributed by atoms with E-state index in [-0.39, 0.29) is 11.3 Å². The van der Waals surface area contributed by atoms with Crippen molar-refractivity contribution >= 4 is 27.5 Å². The van der Waals surface area contributed by atoms with Crippen LogP contribution >= 0.6 is 15.9 Å². The van der Waals surface area contributed by atoms with Gasteiger partial charge in [0.15, 0.2) is 0 Å². The number of anilines is 1. The second-order valence-corrected chi connectivity index (χ2v) is 6.21. The van der Waals surface area contributed by atoms with Crippen molar-refractivity contribution in [3.05, 3.63) is 28.2 Å². The van der Waals surface area contributed by atoms with Crippen LogP contribution in [0.3, 0.4) is 0 Å². The van der Waals surface area contributed by atoms with Crippen LogP contribution in [0, 0.1) is 5.41 Å². The maximum atomic E-state index is 11.9. The van der Waals surface area contributed by atoms with Crippen molar-refractivity contribution in [2.75, 3.05) is 12.3 Å². The highest BCUT2D eigenvalue weighted by molar-refractivity contribution is 9.10. The lowest BCUT2D eigenvalue weighted by atomic mass is 9.92. The van der Waals surface area contributed by atoms with E-state index in [2.05, 4.69) is 42.0 Å². The average Bonchev–Trinajstić information content (AvgIpc) is 2.15. The summed E-state index contributed by atoms with van der Waals surface area (Å²) < 4.78 is 0.876. The lowest BCUT2D eigenvalue weighted by Crippen LogP contribution is -2.27. The van der Waals surface area contributed by atoms with E-state index in [4.69, 9.17) is 5.73 Å². The molecule has 0 bridgehead atoms. The van der Waals surface area contributed by atoms with Gasteiger partial charge in [-0.05, 0) is 30.0 Å². The van der Waals surface area contributed by atoms with E-state index in [1.54, 1.807) is 12.1 Å². The Balaban J connectivity index is 2.59. The summed E-state index contributed by atoms with van der Waals surface area (Å²) in [5, 5.41) is 2.88. The van der Waals surface area contributed by atoms with Gasteiger partial charge in [0.25, 0.3) is 5.91 Å². The summed E-state index contributed by atoms with van der Waals surface area (Å²) in [5.74, 6) is -0.112. The fraction of sp³-hybridized carbons (Fsp3) is 0.462. The molecule has 0 heterocycles. The first-order valence-corrected chi connectivity index (χ1v) is 6.42. The molecule has 0 radical (unpaired) electrons. The van der Waals surface area contributed by atoms with Crippen LogP contribution in [-0.4, -0.2) is 12.5 Å². The van der Waals surface area contributed by atoms with E-state index >= 15 is 0 Å². The van der Waals surface area contributed by atoms with Gasteiger partial charge in [0, 0.05) is 16.7 Å². The SMILES string of the molecule is CC(C)(C)CCNC(=O)c1ccc(Br)cc1N. The van der Waals surface area contributed by atoms with Crippen LogP contribution in [0.4, 0.5) is 5.69 Å². The summed E-state index contributed by atoms with van der Waals surface area (Å²) in [4.78, 5) is 11.9. The molecule has 1 aromatic carbocycles. The number of hydrogen-bond donors (Lipinski definition) is 2. The largest absolute Gasteiger partial charge is 0.398 e. The second-order valence-electron chi connectivity index (χ2n) is 5.30. The minimum Gasteiger partial charge on any atom is -0.398 e. The lowest BCUT2D eigenvalue weighted by Gasteiger charge is -2.18. The smallest absolute Gasteiger partial charge is 0.253 e. The van der Waals surface area contributed by atoms with Gasteiger partial charge in [0.2, 0.25) is 0 Å². The van der Waals surface area contributed by atoms with Crippen molar-refractivity contribution in [2.45, 2.75) is 27.2 Å². The number of rotatable bonds is 3. The molecule has 1 aromatic rings. The first-order chi connectivity index (χ1) is 7.79. The van der Waals surface area contributed by atoms with Crippen molar-refractivity contribution in [2.24, 2.45) is 5.41 Å². The van der Waals surface area contributed by atoms with Crippen molar-refractivity contribution in [3.8, 4) is 0 Å². The molecule has 0 aliphatic heterocycles. The van der Waals surface area contributed by atoms with Crippen LogP contribution < -0.4 is 11.1 Å². The van der Waals surface area contributed by atoms with Gasteiger partial charge in [0.1, 0.15) is 0 Å². The van der Waals surface area contributed by atoms with Gasteiger partial charge < -0.3 is 11.1 Å². The zero-order valence-electron chi connectivity index (χ0n) is 10.5.